The van der Waals surface area contributed by atoms with Gasteiger partial charge in [-0.1, -0.05) is 117 Å². The number of hydrogen-bond donors (Lipinski definition) is 4. The number of hydrogen-bond acceptors (Lipinski definition) is 9. The second-order valence-corrected chi connectivity index (χ2v) is 11.6. The summed E-state index contributed by atoms with van der Waals surface area (Å²) in [6.07, 6.45) is 15.3. The highest BCUT2D eigenvalue weighted by Crippen LogP contribution is 2.22. The van der Waals surface area contributed by atoms with E-state index < -0.39 is 43.4 Å². The van der Waals surface area contributed by atoms with E-state index in [4.69, 9.17) is 18.9 Å². The van der Waals surface area contributed by atoms with Crippen LogP contribution in [0.2, 0.25) is 0 Å². The summed E-state index contributed by atoms with van der Waals surface area (Å²) in [5, 5.41) is 39.5. The average Bonchev–Trinajstić information content (AvgIpc) is 2.97. The monoisotopic (exact) mass is 590 g/mol. The van der Waals surface area contributed by atoms with Crippen LogP contribution in [0.3, 0.4) is 0 Å². The minimum Gasteiger partial charge on any atom is -0.457 e. The molecule has 0 spiro atoms. The number of unbranched alkanes of at least 4 members (excludes halogenated alkanes) is 16. The van der Waals surface area contributed by atoms with E-state index in [-0.39, 0.29) is 19.2 Å². The maximum atomic E-state index is 12.2. The van der Waals surface area contributed by atoms with Gasteiger partial charge in [0.2, 0.25) is 0 Å². The number of aliphatic hydroxyl groups excluding tert-OH is 4. The van der Waals surface area contributed by atoms with Gasteiger partial charge in [0.15, 0.2) is 6.29 Å². The van der Waals surface area contributed by atoms with Crippen LogP contribution in [0.5, 0.6) is 0 Å². The summed E-state index contributed by atoms with van der Waals surface area (Å²) in [6.45, 7) is 4.31. The summed E-state index contributed by atoms with van der Waals surface area (Å²) in [6, 6.07) is 0. The van der Waals surface area contributed by atoms with E-state index >= 15 is 0 Å². The van der Waals surface area contributed by atoms with Crippen molar-refractivity contribution in [1.29, 1.82) is 0 Å². The summed E-state index contributed by atoms with van der Waals surface area (Å²) in [5.74, 6) is -0.347. The second-order valence-electron chi connectivity index (χ2n) is 11.6. The summed E-state index contributed by atoms with van der Waals surface area (Å²) < 4.78 is 22.3. The molecule has 0 aromatic rings. The van der Waals surface area contributed by atoms with Gasteiger partial charge < -0.3 is 39.4 Å². The summed E-state index contributed by atoms with van der Waals surface area (Å²) in [7, 11) is 0. The van der Waals surface area contributed by atoms with Crippen LogP contribution in [0, 0.1) is 0 Å². The maximum absolute atomic E-state index is 12.2. The largest absolute Gasteiger partial charge is 0.457 e. The number of carbonyl (C=O) groups excluding carboxylic acids is 1. The zero-order chi connectivity index (χ0) is 30.1. The van der Waals surface area contributed by atoms with E-state index in [1.165, 1.54) is 89.9 Å². The Morgan fingerprint density at radius 1 is 0.683 bits per heavy atom. The average molecular weight is 591 g/mol. The minimum absolute atomic E-state index is 0.112. The lowest BCUT2D eigenvalue weighted by molar-refractivity contribution is -0.305. The van der Waals surface area contributed by atoms with E-state index in [2.05, 4.69) is 6.92 Å². The third-order valence-electron chi connectivity index (χ3n) is 7.77. The van der Waals surface area contributed by atoms with Crippen molar-refractivity contribution in [2.45, 2.75) is 173 Å². The molecule has 1 rings (SSSR count). The molecule has 6 unspecified atom stereocenters. The van der Waals surface area contributed by atoms with Crippen molar-refractivity contribution in [3.05, 3.63) is 0 Å². The fraction of sp³-hybridized carbons (Fsp3) is 0.969. The second kappa shape index (κ2) is 25.7. The highest BCUT2D eigenvalue weighted by molar-refractivity contribution is 5.69. The molecule has 0 bridgehead atoms. The molecule has 9 heteroatoms. The van der Waals surface area contributed by atoms with Crippen LogP contribution in [0.15, 0.2) is 0 Å². The van der Waals surface area contributed by atoms with Crippen LogP contribution >= 0.6 is 0 Å². The van der Waals surface area contributed by atoms with Crippen LogP contribution in [-0.2, 0) is 23.7 Å². The van der Waals surface area contributed by atoms with E-state index in [0.29, 0.717) is 13.0 Å². The van der Waals surface area contributed by atoms with Crippen molar-refractivity contribution in [3.8, 4) is 0 Å². The lowest BCUT2D eigenvalue weighted by Gasteiger charge is -2.39. The van der Waals surface area contributed by atoms with E-state index in [0.717, 1.165) is 25.7 Å². The predicted octanol–water partition coefficient (Wildman–Crippen LogP) is 5.18. The van der Waals surface area contributed by atoms with Crippen molar-refractivity contribution >= 4 is 5.97 Å². The van der Waals surface area contributed by atoms with Gasteiger partial charge in [-0.15, -0.1) is 0 Å². The molecule has 0 saturated carbocycles. The van der Waals surface area contributed by atoms with Crippen LogP contribution in [0.1, 0.15) is 136 Å². The molecule has 1 aliphatic rings. The first-order valence-corrected chi connectivity index (χ1v) is 16.6. The predicted molar refractivity (Wildman–Crippen MR) is 159 cm³/mol. The van der Waals surface area contributed by atoms with E-state index in [1.54, 1.807) is 0 Å². The number of ether oxygens (including phenoxy) is 4. The van der Waals surface area contributed by atoms with E-state index in [1.807, 2.05) is 6.92 Å². The topological polar surface area (TPSA) is 135 Å². The molecule has 1 fully saturated rings. The minimum atomic E-state index is -1.53. The van der Waals surface area contributed by atoms with Gasteiger partial charge in [0.1, 0.15) is 30.5 Å². The van der Waals surface area contributed by atoms with Crippen LogP contribution in [0.25, 0.3) is 0 Å². The first-order chi connectivity index (χ1) is 19.9. The Morgan fingerprint density at radius 3 is 1.71 bits per heavy atom. The van der Waals surface area contributed by atoms with Gasteiger partial charge in [0.05, 0.1) is 19.8 Å². The highest BCUT2D eigenvalue weighted by atomic mass is 16.7. The Morgan fingerprint density at radius 2 is 1.20 bits per heavy atom. The molecule has 0 aromatic carbocycles. The molecule has 244 valence electrons. The fourth-order valence-corrected chi connectivity index (χ4v) is 5.06. The molecule has 0 aliphatic carbocycles. The van der Waals surface area contributed by atoms with Gasteiger partial charge in [-0.05, 0) is 12.8 Å². The number of carbonyl (C=O) groups is 1. The molecule has 0 radical (unpaired) electrons. The van der Waals surface area contributed by atoms with Crippen LogP contribution in [0.4, 0.5) is 0 Å². The quantitative estimate of drug-likeness (QED) is 0.0754. The van der Waals surface area contributed by atoms with Gasteiger partial charge in [-0.25, -0.2) is 0 Å². The molecular formula is C32H62O9. The van der Waals surface area contributed by atoms with E-state index in [9.17, 15) is 25.2 Å². The summed E-state index contributed by atoms with van der Waals surface area (Å²) >= 11 is 0. The Bertz CT molecular complexity index is 604. The fourth-order valence-electron chi connectivity index (χ4n) is 5.06. The molecule has 6 atom stereocenters. The molecule has 1 saturated heterocycles. The van der Waals surface area contributed by atoms with Crippen LogP contribution < -0.4 is 0 Å². The molecule has 1 aliphatic heterocycles. The van der Waals surface area contributed by atoms with Gasteiger partial charge in [-0.2, -0.15) is 0 Å². The zero-order valence-corrected chi connectivity index (χ0v) is 26.1. The maximum Gasteiger partial charge on any atom is 0.306 e. The number of aliphatic hydroxyl groups is 4. The first-order valence-electron chi connectivity index (χ1n) is 16.6. The molecule has 0 aromatic heterocycles. The number of esters is 1. The van der Waals surface area contributed by atoms with Crippen molar-refractivity contribution in [2.24, 2.45) is 0 Å². The lowest BCUT2D eigenvalue weighted by Crippen LogP contribution is -2.59. The number of rotatable bonds is 27. The molecule has 0 amide bonds. The van der Waals surface area contributed by atoms with Gasteiger partial charge >= 0.3 is 5.97 Å². The summed E-state index contributed by atoms with van der Waals surface area (Å²) in [4.78, 5) is 12.2. The standard InChI is InChI=1S/C32H62O9/c1-3-5-7-8-9-10-11-12-13-14-15-16-17-18-19-20-22-38-24-26(40-28(34)21-6-4-2)25-39-32-31(37)30(36)29(35)27(23-33)41-32/h26-27,29-33,35-37H,3-25H2,1-2H3. The van der Waals surface area contributed by atoms with Crippen molar-refractivity contribution in [3.63, 3.8) is 0 Å². The molecule has 4 N–H and O–H groups in total. The third kappa shape index (κ3) is 18.5. The third-order valence-corrected chi connectivity index (χ3v) is 7.77. The first kappa shape index (κ1) is 38.2. The Hall–Kier alpha value is -0.810. The molecule has 1 heterocycles. The Balaban J connectivity index is 2.16. The molecular weight excluding hydrogens is 528 g/mol. The van der Waals surface area contributed by atoms with Crippen molar-refractivity contribution in [1.82, 2.24) is 0 Å². The normalized spacial score (nSPS) is 23.5. The van der Waals surface area contributed by atoms with Gasteiger partial charge in [0.25, 0.3) is 0 Å². The van der Waals surface area contributed by atoms with Gasteiger partial charge in [0, 0.05) is 13.0 Å². The summed E-state index contributed by atoms with van der Waals surface area (Å²) in [5.41, 5.74) is 0. The highest BCUT2D eigenvalue weighted by Gasteiger charge is 2.44. The van der Waals surface area contributed by atoms with Gasteiger partial charge in [-0.3, -0.25) is 4.79 Å². The van der Waals surface area contributed by atoms with Crippen molar-refractivity contribution in [2.75, 3.05) is 26.4 Å². The molecule has 41 heavy (non-hydrogen) atoms. The Labute approximate surface area is 249 Å². The van der Waals surface area contributed by atoms with Crippen LogP contribution in [-0.4, -0.2) is 89.6 Å². The van der Waals surface area contributed by atoms with Crippen molar-refractivity contribution < 1.29 is 44.2 Å². The SMILES string of the molecule is CCCCCCCCCCCCCCCCCCOCC(COC1OC(CO)C(O)C(O)C1O)OC(=O)CCCC. The lowest BCUT2D eigenvalue weighted by atomic mass is 9.99. The Kier molecular flexibility index (Phi) is 23.9. The smallest absolute Gasteiger partial charge is 0.306 e. The zero-order valence-electron chi connectivity index (χ0n) is 26.1. The molecule has 9 nitrogen and oxygen atoms in total.